The lowest BCUT2D eigenvalue weighted by Gasteiger charge is -2.07. The number of rotatable bonds is 2. The van der Waals surface area contributed by atoms with E-state index in [1.54, 1.807) is 31.2 Å². The van der Waals surface area contributed by atoms with Crippen LogP contribution in [-0.2, 0) is 0 Å². The fourth-order valence-electron chi connectivity index (χ4n) is 1.25. The molecule has 0 aliphatic rings. The zero-order valence-electron chi connectivity index (χ0n) is 8.74. The van der Waals surface area contributed by atoms with Crippen molar-refractivity contribution in [2.24, 2.45) is 0 Å². The topological polar surface area (TPSA) is 63.8 Å². The molecule has 5 heteroatoms. The Morgan fingerprint density at radius 3 is 2.56 bits per heavy atom. The van der Waals surface area contributed by atoms with Crippen molar-refractivity contribution in [2.75, 3.05) is 11.1 Å². The first-order valence-corrected chi connectivity index (χ1v) is 4.76. The molecule has 1 aromatic carbocycles. The molecule has 82 valence electrons. The summed E-state index contributed by atoms with van der Waals surface area (Å²) >= 11 is 0. The van der Waals surface area contributed by atoms with Gasteiger partial charge < -0.3 is 11.1 Å². The number of anilines is 3. The number of benzene rings is 1. The van der Waals surface area contributed by atoms with Crippen LogP contribution < -0.4 is 11.1 Å². The minimum Gasteiger partial charge on any atom is -0.399 e. The molecular formula is C11H11FN4. The largest absolute Gasteiger partial charge is 0.399 e. The summed E-state index contributed by atoms with van der Waals surface area (Å²) in [5, 5.41) is 2.86. The van der Waals surface area contributed by atoms with Crippen molar-refractivity contribution >= 4 is 17.2 Å². The molecule has 0 fully saturated rings. The molecular weight excluding hydrogens is 207 g/mol. The summed E-state index contributed by atoms with van der Waals surface area (Å²) in [7, 11) is 0. The lowest BCUT2D eigenvalue weighted by molar-refractivity contribution is 0.607. The number of halogens is 1. The van der Waals surface area contributed by atoms with E-state index in [-0.39, 0.29) is 5.82 Å². The first kappa shape index (κ1) is 10.4. The minimum atomic E-state index is -0.445. The molecule has 0 atom stereocenters. The van der Waals surface area contributed by atoms with Gasteiger partial charge in [-0.05, 0) is 31.2 Å². The molecule has 4 nitrogen and oxygen atoms in total. The zero-order valence-corrected chi connectivity index (χ0v) is 8.74. The Labute approximate surface area is 92.3 Å². The Morgan fingerprint density at radius 1 is 1.19 bits per heavy atom. The smallest absolute Gasteiger partial charge is 0.186 e. The van der Waals surface area contributed by atoms with Crippen LogP contribution in [0.25, 0.3) is 0 Å². The van der Waals surface area contributed by atoms with Gasteiger partial charge in [0.05, 0.1) is 5.69 Å². The van der Waals surface area contributed by atoms with Gasteiger partial charge in [0.1, 0.15) is 6.33 Å². The molecule has 0 radical (unpaired) electrons. The first-order valence-electron chi connectivity index (χ1n) is 4.76. The highest BCUT2D eigenvalue weighted by Gasteiger charge is 2.07. The molecule has 0 bridgehead atoms. The summed E-state index contributed by atoms with van der Waals surface area (Å²) < 4.78 is 13.6. The van der Waals surface area contributed by atoms with Gasteiger partial charge in [0.2, 0.25) is 0 Å². The summed E-state index contributed by atoms with van der Waals surface area (Å²) in [5.74, 6) is -0.281. The fraction of sp³-hybridized carbons (Fsp3) is 0.0909. The maximum absolute atomic E-state index is 13.6. The molecule has 0 saturated heterocycles. The highest BCUT2D eigenvalue weighted by molar-refractivity contribution is 5.59. The Bertz CT molecular complexity index is 496. The van der Waals surface area contributed by atoms with Crippen molar-refractivity contribution in [3.63, 3.8) is 0 Å². The highest BCUT2D eigenvalue weighted by Crippen LogP contribution is 2.19. The normalized spacial score (nSPS) is 10.1. The second-order valence-corrected chi connectivity index (χ2v) is 3.37. The van der Waals surface area contributed by atoms with Crippen LogP contribution in [0.4, 0.5) is 21.6 Å². The first-order chi connectivity index (χ1) is 7.66. The third kappa shape index (κ3) is 2.08. The van der Waals surface area contributed by atoms with Crippen LogP contribution >= 0.6 is 0 Å². The van der Waals surface area contributed by atoms with Gasteiger partial charge in [-0.1, -0.05) is 0 Å². The maximum atomic E-state index is 13.6. The number of nitrogen functional groups attached to an aromatic ring is 1. The molecule has 0 saturated carbocycles. The zero-order chi connectivity index (χ0) is 11.5. The van der Waals surface area contributed by atoms with E-state index >= 15 is 0 Å². The molecule has 1 heterocycles. The van der Waals surface area contributed by atoms with Crippen molar-refractivity contribution in [2.45, 2.75) is 6.92 Å². The Morgan fingerprint density at radius 2 is 1.88 bits per heavy atom. The summed E-state index contributed by atoms with van der Waals surface area (Å²) in [6.07, 6.45) is 1.32. The van der Waals surface area contributed by atoms with Crippen molar-refractivity contribution in [1.82, 2.24) is 9.97 Å². The molecule has 2 rings (SSSR count). The van der Waals surface area contributed by atoms with E-state index in [0.717, 1.165) is 5.69 Å². The molecule has 0 amide bonds. The molecule has 3 N–H and O–H groups in total. The van der Waals surface area contributed by atoms with Gasteiger partial charge in [0.25, 0.3) is 0 Å². The van der Waals surface area contributed by atoms with Crippen LogP contribution in [-0.4, -0.2) is 9.97 Å². The second-order valence-electron chi connectivity index (χ2n) is 3.37. The average Bonchev–Trinajstić information content (AvgIpc) is 2.28. The number of nitrogens with one attached hydrogen (secondary N) is 1. The van der Waals surface area contributed by atoms with Crippen LogP contribution in [0.3, 0.4) is 0 Å². The lowest BCUT2D eigenvalue weighted by atomic mass is 10.3. The molecule has 0 unspecified atom stereocenters. The van der Waals surface area contributed by atoms with Crippen LogP contribution in [0, 0.1) is 12.7 Å². The molecule has 0 spiro atoms. The van der Waals surface area contributed by atoms with Gasteiger partial charge >= 0.3 is 0 Å². The van der Waals surface area contributed by atoms with E-state index in [0.29, 0.717) is 11.4 Å². The van der Waals surface area contributed by atoms with E-state index in [9.17, 15) is 4.39 Å². The van der Waals surface area contributed by atoms with Crippen molar-refractivity contribution in [3.8, 4) is 0 Å². The van der Waals surface area contributed by atoms with Crippen LogP contribution in [0.2, 0.25) is 0 Å². The summed E-state index contributed by atoms with van der Waals surface area (Å²) in [6.45, 7) is 1.59. The highest BCUT2D eigenvalue weighted by atomic mass is 19.1. The third-order valence-corrected chi connectivity index (χ3v) is 2.14. The van der Waals surface area contributed by atoms with Crippen molar-refractivity contribution in [1.29, 1.82) is 0 Å². The quantitative estimate of drug-likeness (QED) is 0.759. The van der Waals surface area contributed by atoms with Gasteiger partial charge in [-0.15, -0.1) is 0 Å². The SMILES string of the molecule is Cc1ncnc(Nc2ccc(N)cc2)c1F. The number of hydrogen-bond donors (Lipinski definition) is 2. The fourth-order valence-corrected chi connectivity index (χ4v) is 1.25. The van der Waals surface area contributed by atoms with Crippen LogP contribution in [0.5, 0.6) is 0 Å². The molecule has 2 aromatic rings. The number of aromatic nitrogens is 2. The maximum Gasteiger partial charge on any atom is 0.186 e. The minimum absolute atomic E-state index is 0.164. The van der Waals surface area contributed by atoms with E-state index in [4.69, 9.17) is 5.73 Å². The molecule has 0 aliphatic heterocycles. The summed E-state index contributed by atoms with van der Waals surface area (Å²) in [5.41, 5.74) is 7.24. The monoisotopic (exact) mass is 218 g/mol. The van der Waals surface area contributed by atoms with Gasteiger partial charge in [-0.2, -0.15) is 0 Å². The van der Waals surface area contributed by atoms with E-state index < -0.39 is 5.82 Å². The average molecular weight is 218 g/mol. The summed E-state index contributed by atoms with van der Waals surface area (Å²) in [6, 6.07) is 6.97. The van der Waals surface area contributed by atoms with E-state index in [1.807, 2.05) is 0 Å². The van der Waals surface area contributed by atoms with Crippen molar-refractivity contribution < 1.29 is 4.39 Å². The second kappa shape index (κ2) is 4.14. The van der Waals surface area contributed by atoms with Crippen molar-refractivity contribution in [3.05, 3.63) is 42.1 Å². The standard InChI is InChI=1S/C11H11FN4/c1-7-10(12)11(15-6-14-7)16-9-4-2-8(13)3-5-9/h2-6H,13H2,1H3,(H,14,15,16). The predicted octanol–water partition coefficient (Wildman–Crippen LogP) is 2.25. The van der Waals surface area contributed by atoms with Gasteiger partial charge in [0, 0.05) is 11.4 Å². The molecule has 1 aromatic heterocycles. The third-order valence-electron chi connectivity index (χ3n) is 2.14. The summed E-state index contributed by atoms with van der Waals surface area (Å²) in [4.78, 5) is 7.58. The number of nitrogens with zero attached hydrogens (tertiary/aromatic N) is 2. The van der Waals surface area contributed by atoms with E-state index in [1.165, 1.54) is 6.33 Å². The Kier molecular flexibility index (Phi) is 2.68. The predicted molar refractivity (Wildman–Crippen MR) is 60.9 cm³/mol. The van der Waals surface area contributed by atoms with Gasteiger partial charge in [0.15, 0.2) is 11.6 Å². The Hall–Kier alpha value is -2.17. The van der Waals surface area contributed by atoms with Crippen LogP contribution in [0.1, 0.15) is 5.69 Å². The number of nitrogens with two attached hydrogens (primary N) is 1. The number of hydrogen-bond acceptors (Lipinski definition) is 4. The van der Waals surface area contributed by atoms with Gasteiger partial charge in [-0.25, -0.2) is 14.4 Å². The molecule has 16 heavy (non-hydrogen) atoms. The van der Waals surface area contributed by atoms with E-state index in [2.05, 4.69) is 15.3 Å². The Balaban J connectivity index is 2.27. The van der Waals surface area contributed by atoms with Gasteiger partial charge in [-0.3, -0.25) is 0 Å². The van der Waals surface area contributed by atoms with Crippen LogP contribution in [0.15, 0.2) is 30.6 Å². The molecule has 0 aliphatic carbocycles. The number of aryl methyl sites for hydroxylation is 1. The lowest BCUT2D eigenvalue weighted by Crippen LogP contribution is -2.00.